The Balaban J connectivity index is 0.00000462. The van der Waals surface area contributed by atoms with Crippen molar-refractivity contribution in [1.29, 1.82) is 0 Å². The number of carbonyl (C=O) groups is 2. The number of hydrogen-bond donors (Lipinski definition) is 2. The Morgan fingerprint density at radius 2 is 1.78 bits per heavy atom. The van der Waals surface area contributed by atoms with Gasteiger partial charge in [-0.15, -0.1) is 12.4 Å². The van der Waals surface area contributed by atoms with Gasteiger partial charge in [0, 0.05) is 17.7 Å². The first-order valence-electron chi connectivity index (χ1n) is 14.0. The number of aliphatic carboxylic acids is 1. The molecule has 4 rings (SSSR count). The van der Waals surface area contributed by atoms with Gasteiger partial charge in [0.05, 0.1) is 17.3 Å². The quantitative estimate of drug-likeness (QED) is 0.233. The summed E-state index contributed by atoms with van der Waals surface area (Å²) in [5.41, 5.74) is 3.33. The lowest BCUT2D eigenvalue weighted by Gasteiger charge is -2.33. The average Bonchev–Trinajstić information content (AvgIpc) is 2.96. The molecule has 0 atom stereocenters. The fourth-order valence-corrected chi connectivity index (χ4v) is 5.44. The summed E-state index contributed by atoms with van der Waals surface area (Å²) < 4.78 is 6.03. The van der Waals surface area contributed by atoms with Gasteiger partial charge in [0.15, 0.2) is 0 Å². The van der Waals surface area contributed by atoms with Crippen LogP contribution in [0.2, 0.25) is 5.02 Å². The minimum Gasteiger partial charge on any atom is -0.492 e. The predicted octanol–water partition coefficient (Wildman–Crippen LogP) is 6.90. The first kappa shape index (κ1) is 32.4. The van der Waals surface area contributed by atoms with E-state index < -0.39 is 17.4 Å². The number of hydrogen-bond acceptors (Lipinski definition) is 5. The van der Waals surface area contributed by atoms with Gasteiger partial charge >= 0.3 is 5.97 Å². The molecule has 3 aromatic rings. The highest BCUT2D eigenvalue weighted by Gasteiger charge is 2.41. The number of pyridine rings is 1. The van der Waals surface area contributed by atoms with Crippen molar-refractivity contribution in [2.45, 2.75) is 57.4 Å². The minimum atomic E-state index is -1.27. The number of carboxylic acids is 1. The molecular formula is C32H39Cl2N3O4. The Morgan fingerprint density at radius 1 is 1.05 bits per heavy atom. The van der Waals surface area contributed by atoms with Crippen molar-refractivity contribution >= 4 is 35.9 Å². The Hall–Kier alpha value is -3.13. The number of carbonyl (C=O) groups excluding carboxylic acids is 1. The van der Waals surface area contributed by atoms with Crippen LogP contribution in [0.1, 0.15) is 61.5 Å². The third kappa shape index (κ3) is 7.79. The van der Waals surface area contributed by atoms with E-state index in [1.165, 1.54) is 0 Å². The number of aryl methyl sites for hydroxylation is 1. The van der Waals surface area contributed by atoms with Crippen molar-refractivity contribution in [2.24, 2.45) is 0 Å². The lowest BCUT2D eigenvalue weighted by Crippen LogP contribution is -2.55. The Bertz CT molecular complexity index is 1360. The number of halogens is 2. The van der Waals surface area contributed by atoms with Gasteiger partial charge in [-0.2, -0.15) is 0 Å². The maximum absolute atomic E-state index is 13.4. The van der Waals surface area contributed by atoms with E-state index in [0.29, 0.717) is 35.9 Å². The van der Waals surface area contributed by atoms with Crippen molar-refractivity contribution in [1.82, 2.24) is 15.2 Å². The molecule has 0 unspecified atom stereocenters. The van der Waals surface area contributed by atoms with E-state index in [9.17, 15) is 14.7 Å². The average molecular weight is 601 g/mol. The second-order valence-corrected chi connectivity index (χ2v) is 11.1. The van der Waals surface area contributed by atoms with Crippen molar-refractivity contribution in [3.05, 3.63) is 70.9 Å². The molecule has 1 fully saturated rings. The van der Waals surface area contributed by atoms with Gasteiger partial charge in [0.25, 0.3) is 5.91 Å². The summed E-state index contributed by atoms with van der Waals surface area (Å²) in [6.45, 7) is 3.51. The van der Waals surface area contributed by atoms with Crippen molar-refractivity contribution in [2.75, 3.05) is 27.2 Å². The zero-order valence-corrected chi connectivity index (χ0v) is 25.5. The molecule has 9 heteroatoms. The molecule has 1 saturated carbocycles. The van der Waals surface area contributed by atoms with Gasteiger partial charge in [-0.25, -0.2) is 9.78 Å². The number of nitrogens with zero attached hydrogens (tertiary/aromatic N) is 2. The smallest absolute Gasteiger partial charge is 0.329 e. The number of benzene rings is 2. The monoisotopic (exact) mass is 599 g/mol. The normalized spacial score (nSPS) is 14.3. The van der Waals surface area contributed by atoms with Crippen molar-refractivity contribution in [3.8, 4) is 28.1 Å². The Labute approximate surface area is 253 Å². The Kier molecular flexibility index (Phi) is 11.6. The number of aromatic nitrogens is 1. The second-order valence-electron chi connectivity index (χ2n) is 10.7. The molecule has 0 saturated heterocycles. The predicted molar refractivity (Wildman–Crippen MR) is 166 cm³/mol. The first-order valence-corrected chi connectivity index (χ1v) is 14.3. The SMILES string of the molecule is CCc1ccccc1-c1ccc(C(=O)NC2(C(=O)O)CCCCC2)nc1-c1ccc(Cl)c(OCCCN(C)C)c1.Cl. The largest absolute Gasteiger partial charge is 0.492 e. The van der Waals surface area contributed by atoms with E-state index in [1.54, 1.807) is 12.1 Å². The molecule has 1 aliphatic rings. The zero-order valence-electron chi connectivity index (χ0n) is 23.9. The standard InChI is InChI=1S/C32H38ClN3O4.ClH/c1-4-22-11-6-7-12-24(22)25-14-16-27(30(37)35-32(31(38)39)17-8-5-9-18-32)34-29(25)23-13-15-26(33)28(21-23)40-20-10-19-36(2)3;/h6-7,11-16,21H,4-5,8-10,17-20H2,1-3H3,(H,35,37)(H,38,39);1H. The summed E-state index contributed by atoms with van der Waals surface area (Å²) in [7, 11) is 4.04. The van der Waals surface area contributed by atoms with Gasteiger partial charge in [-0.3, -0.25) is 4.79 Å². The second kappa shape index (κ2) is 14.7. The molecule has 0 aliphatic heterocycles. The van der Waals surface area contributed by atoms with Gasteiger partial charge in [0.1, 0.15) is 17.0 Å². The first-order chi connectivity index (χ1) is 19.2. The van der Waals surface area contributed by atoms with E-state index in [1.807, 2.05) is 44.4 Å². The van der Waals surface area contributed by atoms with Crippen LogP contribution in [0.4, 0.5) is 0 Å². The molecular weight excluding hydrogens is 561 g/mol. The summed E-state index contributed by atoms with van der Waals surface area (Å²) in [6, 6.07) is 17.2. The summed E-state index contributed by atoms with van der Waals surface area (Å²) >= 11 is 6.49. The molecule has 1 aliphatic carbocycles. The number of carboxylic acid groups (broad SMARTS) is 1. The third-order valence-electron chi connectivity index (χ3n) is 7.50. The molecule has 7 nitrogen and oxygen atoms in total. The maximum atomic E-state index is 13.4. The topological polar surface area (TPSA) is 91.8 Å². The van der Waals surface area contributed by atoms with Crippen LogP contribution in [-0.4, -0.2) is 59.7 Å². The van der Waals surface area contributed by atoms with E-state index in [2.05, 4.69) is 29.3 Å². The van der Waals surface area contributed by atoms with Crippen molar-refractivity contribution < 1.29 is 19.4 Å². The van der Waals surface area contributed by atoms with E-state index >= 15 is 0 Å². The van der Waals surface area contributed by atoms with E-state index in [-0.39, 0.29) is 18.1 Å². The van der Waals surface area contributed by atoms with Gasteiger partial charge in [0.2, 0.25) is 0 Å². The van der Waals surface area contributed by atoms with Crippen LogP contribution < -0.4 is 10.1 Å². The third-order valence-corrected chi connectivity index (χ3v) is 7.81. The highest BCUT2D eigenvalue weighted by molar-refractivity contribution is 6.32. The van der Waals surface area contributed by atoms with Crippen molar-refractivity contribution in [3.63, 3.8) is 0 Å². The molecule has 1 heterocycles. The van der Waals surface area contributed by atoms with E-state index in [4.69, 9.17) is 21.3 Å². The molecule has 0 radical (unpaired) electrons. The summed E-state index contributed by atoms with van der Waals surface area (Å²) in [5.74, 6) is -0.936. The van der Waals surface area contributed by atoms with Gasteiger partial charge < -0.3 is 20.1 Å². The molecule has 220 valence electrons. The van der Waals surface area contributed by atoms with Crippen LogP contribution in [-0.2, 0) is 11.2 Å². The molecule has 0 bridgehead atoms. The summed E-state index contributed by atoms with van der Waals surface area (Å²) in [5, 5.41) is 13.3. The van der Waals surface area contributed by atoms with Crippen LogP contribution in [0.15, 0.2) is 54.6 Å². The lowest BCUT2D eigenvalue weighted by atomic mass is 9.81. The Morgan fingerprint density at radius 3 is 2.46 bits per heavy atom. The summed E-state index contributed by atoms with van der Waals surface area (Å²) in [4.78, 5) is 32.6. The highest BCUT2D eigenvalue weighted by Crippen LogP contribution is 2.37. The summed E-state index contributed by atoms with van der Waals surface area (Å²) in [6.07, 6.45) is 5.00. The van der Waals surface area contributed by atoms with Crippen LogP contribution in [0.5, 0.6) is 5.75 Å². The van der Waals surface area contributed by atoms with E-state index in [0.717, 1.165) is 60.9 Å². The van der Waals surface area contributed by atoms with Gasteiger partial charge in [-0.1, -0.05) is 68.1 Å². The van der Waals surface area contributed by atoms with Crippen LogP contribution >= 0.6 is 24.0 Å². The molecule has 1 amide bonds. The fourth-order valence-electron chi connectivity index (χ4n) is 5.27. The highest BCUT2D eigenvalue weighted by atomic mass is 35.5. The maximum Gasteiger partial charge on any atom is 0.329 e. The fraction of sp³-hybridized carbons (Fsp3) is 0.406. The van der Waals surface area contributed by atoms with Crippen LogP contribution in [0, 0.1) is 0 Å². The lowest BCUT2D eigenvalue weighted by molar-refractivity contribution is -0.145. The zero-order chi connectivity index (χ0) is 28.7. The number of ether oxygens (including phenoxy) is 1. The minimum absolute atomic E-state index is 0. The number of rotatable bonds is 11. The van der Waals surface area contributed by atoms with Crippen LogP contribution in [0.3, 0.4) is 0 Å². The molecule has 1 aromatic heterocycles. The number of nitrogens with one attached hydrogen (secondary N) is 1. The molecule has 41 heavy (non-hydrogen) atoms. The number of amides is 1. The van der Waals surface area contributed by atoms with Gasteiger partial charge in [-0.05, 0) is 75.2 Å². The molecule has 2 N–H and O–H groups in total. The molecule has 2 aromatic carbocycles. The molecule has 0 spiro atoms. The van der Waals surface area contributed by atoms with Crippen LogP contribution in [0.25, 0.3) is 22.4 Å².